The minimum atomic E-state index is 0.129. The van der Waals surface area contributed by atoms with E-state index in [0.29, 0.717) is 12.6 Å². The van der Waals surface area contributed by atoms with Gasteiger partial charge in [-0.25, -0.2) is 0 Å². The van der Waals surface area contributed by atoms with Gasteiger partial charge in [0.05, 0.1) is 12.8 Å². The summed E-state index contributed by atoms with van der Waals surface area (Å²) in [6.07, 6.45) is 6.28. The first kappa shape index (κ1) is 14.9. The second-order valence-electron chi connectivity index (χ2n) is 6.27. The maximum Gasteiger partial charge on any atom is 0.254 e. The highest BCUT2D eigenvalue weighted by molar-refractivity contribution is 5.96. The fourth-order valence-corrected chi connectivity index (χ4v) is 3.27. The predicted octanol–water partition coefficient (Wildman–Crippen LogP) is 4.48. The average Bonchev–Trinajstić information content (AvgIpc) is 3.19. The Bertz CT molecular complexity index is 639. The summed E-state index contributed by atoms with van der Waals surface area (Å²) in [5.74, 6) is 0.982. The van der Waals surface area contributed by atoms with E-state index in [9.17, 15) is 4.79 Å². The van der Waals surface area contributed by atoms with Crippen LogP contribution in [0.4, 0.5) is 0 Å². The van der Waals surface area contributed by atoms with Crippen molar-refractivity contribution in [3.8, 4) is 0 Å². The molecule has 1 aromatic carbocycles. The molecule has 0 aliphatic heterocycles. The summed E-state index contributed by atoms with van der Waals surface area (Å²) >= 11 is 0. The van der Waals surface area contributed by atoms with Crippen LogP contribution in [0.3, 0.4) is 0 Å². The van der Waals surface area contributed by atoms with Crippen molar-refractivity contribution in [1.29, 1.82) is 0 Å². The zero-order valence-corrected chi connectivity index (χ0v) is 13.3. The Morgan fingerprint density at radius 3 is 2.68 bits per heavy atom. The third-order valence-electron chi connectivity index (χ3n) is 4.56. The average molecular weight is 297 g/mol. The smallest absolute Gasteiger partial charge is 0.254 e. The number of nitrogens with zero attached hydrogens (tertiary/aromatic N) is 1. The highest BCUT2D eigenvalue weighted by Crippen LogP contribution is 2.27. The molecule has 1 aliphatic carbocycles. The Kier molecular flexibility index (Phi) is 4.32. The van der Waals surface area contributed by atoms with Gasteiger partial charge in [-0.3, -0.25) is 4.79 Å². The van der Waals surface area contributed by atoms with Gasteiger partial charge in [0.2, 0.25) is 0 Å². The van der Waals surface area contributed by atoms with Crippen LogP contribution in [0.1, 0.15) is 52.9 Å². The largest absolute Gasteiger partial charge is 0.467 e. The Labute approximate surface area is 131 Å². The molecule has 1 amide bonds. The first-order valence-electron chi connectivity index (χ1n) is 8.06. The number of rotatable bonds is 4. The van der Waals surface area contributed by atoms with Gasteiger partial charge in [0.15, 0.2) is 0 Å². The Morgan fingerprint density at radius 1 is 1.23 bits per heavy atom. The van der Waals surface area contributed by atoms with Crippen molar-refractivity contribution in [1.82, 2.24) is 4.90 Å². The minimum absolute atomic E-state index is 0.129. The monoisotopic (exact) mass is 297 g/mol. The third-order valence-corrected chi connectivity index (χ3v) is 4.56. The second kappa shape index (κ2) is 6.39. The van der Waals surface area contributed by atoms with E-state index in [1.54, 1.807) is 6.26 Å². The molecule has 22 heavy (non-hydrogen) atoms. The van der Waals surface area contributed by atoms with Gasteiger partial charge in [0.1, 0.15) is 5.76 Å². The fourth-order valence-electron chi connectivity index (χ4n) is 3.27. The first-order chi connectivity index (χ1) is 10.6. The topological polar surface area (TPSA) is 33.5 Å². The van der Waals surface area contributed by atoms with Gasteiger partial charge in [-0.15, -0.1) is 0 Å². The molecule has 1 heterocycles. The molecule has 0 spiro atoms. The molecule has 1 fully saturated rings. The summed E-state index contributed by atoms with van der Waals surface area (Å²) in [4.78, 5) is 15.1. The van der Waals surface area contributed by atoms with Crippen molar-refractivity contribution in [3.63, 3.8) is 0 Å². The van der Waals surface area contributed by atoms with Gasteiger partial charge in [0, 0.05) is 11.6 Å². The van der Waals surface area contributed by atoms with Crippen LogP contribution in [0, 0.1) is 13.8 Å². The molecular formula is C19H23NO2. The molecule has 0 saturated heterocycles. The van der Waals surface area contributed by atoms with E-state index in [4.69, 9.17) is 4.42 Å². The van der Waals surface area contributed by atoms with E-state index >= 15 is 0 Å². The van der Waals surface area contributed by atoms with E-state index in [1.807, 2.05) is 43.0 Å². The van der Waals surface area contributed by atoms with Crippen molar-refractivity contribution in [2.75, 3.05) is 0 Å². The third kappa shape index (κ3) is 3.08. The standard InChI is InChI=1S/C19H23NO2/c1-14-9-10-15(2)18(12-14)19(21)20(16-6-3-4-7-16)13-17-8-5-11-22-17/h5,8-12,16H,3-4,6-7,13H2,1-2H3. The minimum Gasteiger partial charge on any atom is -0.467 e. The lowest BCUT2D eigenvalue weighted by Crippen LogP contribution is -2.38. The number of carbonyl (C=O) groups is 1. The molecule has 0 bridgehead atoms. The van der Waals surface area contributed by atoms with Crippen molar-refractivity contribution >= 4 is 5.91 Å². The van der Waals surface area contributed by atoms with Crippen molar-refractivity contribution < 1.29 is 9.21 Å². The van der Waals surface area contributed by atoms with E-state index in [1.165, 1.54) is 12.8 Å². The quantitative estimate of drug-likeness (QED) is 0.833. The summed E-state index contributed by atoms with van der Waals surface area (Å²) in [6, 6.07) is 10.2. The molecule has 3 heteroatoms. The maximum absolute atomic E-state index is 13.1. The molecular weight excluding hydrogens is 274 g/mol. The number of hydrogen-bond donors (Lipinski definition) is 0. The highest BCUT2D eigenvalue weighted by Gasteiger charge is 2.28. The zero-order chi connectivity index (χ0) is 15.5. The van der Waals surface area contributed by atoms with Crippen LogP contribution in [0.15, 0.2) is 41.0 Å². The zero-order valence-electron chi connectivity index (χ0n) is 13.3. The number of aryl methyl sites for hydroxylation is 2. The van der Waals surface area contributed by atoms with Crippen LogP contribution in [-0.2, 0) is 6.54 Å². The van der Waals surface area contributed by atoms with Gasteiger partial charge in [0.25, 0.3) is 5.91 Å². The summed E-state index contributed by atoms with van der Waals surface area (Å²) in [5.41, 5.74) is 2.98. The summed E-state index contributed by atoms with van der Waals surface area (Å²) < 4.78 is 5.47. The molecule has 1 aliphatic rings. The van der Waals surface area contributed by atoms with Crippen LogP contribution in [0.2, 0.25) is 0 Å². The number of benzene rings is 1. The van der Waals surface area contributed by atoms with Gasteiger partial charge in [-0.2, -0.15) is 0 Å². The molecule has 0 atom stereocenters. The summed E-state index contributed by atoms with van der Waals surface area (Å²) in [6.45, 7) is 4.60. The van der Waals surface area contributed by atoms with Crippen LogP contribution in [0.25, 0.3) is 0 Å². The molecule has 2 aromatic rings. The summed E-state index contributed by atoms with van der Waals surface area (Å²) in [7, 11) is 0. The predicted molar refractivity (Wildman–Crippen MR) is 86.8 cm³/mol. The van der Waals surface area contributed by atoms with E-state index in [2.05, 4.69) is 6.07 Å². The van der Waals surface area contributed by atoms with Gasteiger partial charge >= 0.3 is 0 Å². The maximum atomic E-state index is 13.1. The van der Waals surface area contributed by atoms with E-state index in [0.717, 1.165) is 35.3 Å². The molecule has 116 valence electrons. The van der Waals surface area contributed by atoms with Crippen LogP contribution < -0.4 is 0 Å². The lowest BCUT2D eigenvalue weighted by molar-refractivity contribution is 0.0648. The molecule has 3 rings (SSSR count). The SMILES string of the molecule is Cc1ccc(C)c(C(=O)N(Cc2ccco2)C2CCCC2)c1. The Morgan fingerprint density at radius 2 is 2.00 bits per heavy atom. The van der Waals surface area contributed by atoms with Crippen molar-refractivity contribution in [2.45, 2.75) is 52.1 Å². The van der Waals surface area contributed by atoms with Gasteiger partial charge in [-0.05, 0) is 50.5 Å². The number of furan rings is 1. The van der Waals surface area contributed by atoms with Crippen LogP contribution in [0.5, 0.6) is 0 Å². The van der Waals surface area contributed by atoms with Crippen molar-refractivity contribution in [3.05, 3.63) is 59.0 Å². The van der Waals surface area contributed by atoms with Crippen molar-refractivity contribution in [2.24, 2.45) is 0 Å². The second-order valence-corrected chi connectivity index (χ2v) is 6.27. The normalized spacial score (nSPS) is 15.2. The van der Waals surface area contributed by atoms with E-state index < -0.39 is 0 Å². The molecule has 3 nitrogen and oxygen atoms in total. The van der Waals surface area contributed by atoms with Crippen LogP contribution >= 0.6 is 0 Å². The molecule has 0 radical (unpaired) electrons. The molecule has 1 aromatic heterocycles. The van der Waals surface area contributed by atoms with E-state index in [-0.39, 0.29) is 5.91 Å². The van der Waals surface area contributed by atoms with Gasteiger partial charge < -0.3 is 9.32 Å². The van der Waals surface area contributed by atoms with Gasteiger partial charge in [-0.1, -0.05) is 30.5 Å². The number of hydrogen-bond acceptors (Lipinski definition) is 2. The summed E-state index contributed by atoms with van der Waals surface area (Å²) in [5, 5.41) is 0. The number of carbonyl (C=O) groups excluding carboxylic acids is 1. The Balaban J connectivity index is 1.90. The lowest BCUT2D eigenvalue weighted by Gasteiger charge is -2.29. The molecule has 0 unspecified atom stereocenters. The lowest BCUT2D eigenvalue weighted by atomic mass is 10.0. The molecule has 1 saturated carbocycles. The fraction of sp³-hybridized carbons (Fsp3) is 0.421. The first-order valence-corrected chi connectivity index (χ1v) is 8.06. The number of amides is 1. The highest BCUT2D eigenvalue weighted by atomic mass is 16.3. The molecule has 0 N–H and O–H groups in total. The Hall–Kier alpha value is -2.03. The van der Waals surface area contributed by atoms with Crippen LogP contribution in [-0.4, -0.2) is 16.8 Å².